The van der Waals surface area contributed by atoms with Crippen molar-refractivity contribution in [3.8, 4) is 0 Å². The summed E-state index contributed by atoms with van der Waals surface area (Å²) in [6.45, 7) is 3.81. The van der Waals surface area contributed by atoms with Gasteiger partial charge in [0.05, 0.1) is 0 Å². The third kappa shape index (κ3) is 3.22. The first-order valence-electron chi connectivity index (χ1n) is 6.96. The summed E-state index contributed by atoms with van der Waals surface area (Å²) in [5, 5.41) is 11.8. The molecule has 1 heterocycles. The van der Waals surface area contributed by atoms with Crippen molar-refractivity contribution in [3.05, 3.63) is 29.3 Å². The number of carbonyl (C=O) groups is 2. The van der Waals surface area contributed by atoms with Gasteiger partial charge in [0.2, 0.25) is 0 Å². The van der Waals surface area contributed by atoms with E-state index in [0.717, 1.165) is 29.7 Å². The number of benzene rings is 1. The number of carbonyl (C=O) groups excluding carboxylic acids is 1. The van der Waals surface area contributed by atoms with Crippen molar-refractivity contribution in [2.45, 2.75) is 38.9 Å². The van der Waals surface area contributed by atoms with Crippen LogP contribution in [0, 0.1) is 0 Å². The molecule has 1 aromatic carbocycles. The van der Waals surface area contributed by atoms with Gasteiger partial charge < -0.3 is 19.9 Å². The summed E-state index contributed by atoms with van der Waals surface area (Å²) in [4.78, 5) is 23.3. The van der Waals surface area contributed by atoms with Crippen LogP contribution in [0.4, 0.5) is 5.69 Å². The normalized spacial score (nSPS) is 21.2. The van der Waals surface area contributed by atoms with E-state index in [0.29, 0.717) is 0 Å². The number of aliphatic carboxylic acids is 1. The van der Waals surface area contributed by atoms with Crippen molar-refractivity contribution in [1.82, 2.24) is 0 Å². The molecule has 2 N–H and O–H groups in total. The van der Waals surface area contributed by atoms with Crippen LogP contribution >= 0.6 is 0 Å². The van der Waals surface area contributed by atoms with Gasteiger partial charge in [-0.15, -0.1) is 0 Å². The van der Waals surface area contributed by atoms with Crippen LogP contribution < -0.4 is 5.32 Å². The smallest absolute Gasteiger partial charge is 0.336 e. The molecule has 6 nitrogen and oxygen atoms in total. The van der Waals surface area contributed by atoms with Crippen LogP contribution in [0.2, 0.25) is 0 Å². The fourth-order valence-electron chi connectivity index (χ4n) is 2.37. The number of rotatable bonds is 5. The molecule has 0 saturated carbocycles. The second-order valence-electron chi connectivity index (χ2n) is 4.78. The summed E-state index contributed by atoms with van der Waals surface area (Å²) in [5.41, 5.74) is 2.76. The van der Waals surface area contributed by atoms with Crippen molar-refractivity contribution in [2.75, 3.05) is 12.1 Å². The highest BCUT2D eigenvalue weighted by atomic mass is 16.7. The molecule has 6 heteroatoms. The van der Waals surface area contributed by atoms with Gasteiger partial charge in [0.1, 0.15) is 6.79 Å². The Hall–Kier alpha value is -1.92. The second-order valence-corrected chi connectivity index (χ2v) is 4.78. The highest BCUT2D eigenvalue weighted by Crippen LogP contribution is 2.24. The average Bonchev–Trinajstić information content (AvgIpc) is 2.97. The van der Waals surface area contributed by atoms with Gasteiger partial charge in [-0.3, -0.25) is 4.79 Å². The molecule has 2 rings (SSSR count). The molecular weight excluding hydrogens is 274 g/mol. The SMILES string of the molecule is CCc1cccc(CC)c1NC(=O)[C@@H]1OCO[C@H]1C(=O)O. The Kier molecular flexibility index (Phi) is 4.93. The molecule has 1 amide bonds. The first-order chi connectivity index (χ1) is 10.1. The van der Waals surface area contributed by atoms with Gasteiger partial charge in [-0.2, -0.15) is 0 Å². The lowest BCUT2D eigenvalue weighted by atomic mass is 10.0. The molecule has 0 aromatic heterocycles. The van der Waals surface area contributed by atoms with Crippen molar-refractivity contribution >= 4 is 17.6 Å². The van der Waals surface area contributed by atoms with E-state index < -0.39 is 24.1 Å². The van der Waals surface area contributed by atoms with Crippen molar-refractivity contribution in [2.24, 2.45) is 0 Å². The maximum atomic E-state index is 12.3. The van der Waals surface area contributed by atoms with E-state index in [2.05, 4.69) is 5.32 Å². The molecule has 0 bridgehead atoms. The van der Waals surface area contributed by atoms with Crippen LogP contribution in [-0.4, -0.2) is 36.0 Å². The Morgan fingerprint density at radius 2 is 1.76 bits per heavy atom. The summed E-state index contributed by atoms with van der Waals surface area (Å²) in [5.74, 6) is -1.69. The van der Waals surface area contributed by atoms with E-state index in [1.165, 1.54) is 0 Å². The number of amides is 1. The van der Waals surface area contributed by atoms with Crippen molar-refractivity contribution < 1.29 is 24.2 Å². The molecule has 0 spiro atoms. The number of anilines is 1. The van der Waals surface area contributed by atoms with E-state index in [-0.39, 0.29) is 6.79 Å². The third-order valence-electron chi connectivity index (χ3n) is 3.52. The van der Waals surface area contributed by atoms with Gasteiger partial charge >= 0.3 is 5.97 Å². The molecule has 1 fully saturated rings. The van der Waals surface area contributed by atoms with Gasteiger partial charge in [-0.25, -0.2) is 4.79 Å². The van der Waals surface area contributed by atoms with Crippen LogP contribution in [0.1, 0.15) is 25.0 Å². The number of carboxylic acid groups (broad SMARTS) is 1. The number of hydrogen-bond acceptors (Lipinski definition) is 4. The fraction of sp³-hybridized carbons (Fsp3) is 0.467. The molecule has 1 aliphatic heterocycles. The number of carboxylic acids is 1. The predicted molar refractivity (Wildman–Crippen MR) is 76.1 cm³/mol. The van der Waals surface area contributed by atoms with Crippen LogP contribution in [0.25, 0.3) is 0 Å². The van der Waals surface area contributed by atoms with Crippen LogP contribution in [0.15, 0.2) is 18.2 Å². The predicted octanol–water partition coefficient (Wildman–Crippen LogP) is 1.58. The van der Waals surface area contributed by atoms with Crippen LogP contribution in [0.5, 0.6) is 0 Å². The van der Waals surface area contributed by atoms with Crippen molar-refractivity contribution in [1.29, 1.82) is 0 Å². The largest absolute Gasteiger partial charge is 0.479 e. The lowest BCUT2D eigenvalue weighted by molar-refractivity contribution is -0.149. The monoisotopic (exact) mass is 293 g/mol. The summed E-state index contributed by atoms with van der Waals surface area (Å²) < 4.78 is 10.0. The Morgan fingerprint density at radius 1 is 1.19 bits per heavy atom. The zero-order valence-electron chi connectivity index (χ0n) is 12.1. The molecule has 1 aliphatic rings. The van der Waals surface area contributed by atoms with Gasteiger partial charge in [0, 0.05) is 5.69 Å². The third-order valence-corrected chi connectivity index (χ3v) is 3.52. The average molecular weight is 293 g/mol. The Balaban J connectivity index is 2.21. The molecule has 0 unspecified atom stereocenters. The first-order valence-corrected chi connectivity index (χ1v) is 6.96. The van der Waals surface area contributed by atoms with Gasteiger partial charge in [0.25, 0.3) is 5.91 Å². The summed E-state index contributed by atoms with van der Waals surface area (Å²) in [7, 11) is 0. The second kappa shape index (κ2) is 6.69. The molecular formula is C15H19NO5. The maximum Gasteiger partial charge on any atom is 0.336 e. The quantitative estimate of drug-likeness (QED) is 0.861. The molecule has 1 aromatic rings. The highest BCUT2D eigenvalue weighted by Gasteiger charge is 2.40. The van der Waals surface area contributed by atoms with Crippen molar-refractivity contribution in [3.63, 3.8) is 0 Å². The summed E-state index contributed by atoms with van der Waals surface area (Å²) in [6.07, 6.45) is -0.845. The lowest BCUT2D eigenvalue weighted by Crippen LogP contribution is -2.40. The van der Waals surface area contributed by atoms with Gasteiger partial charge in [-0.1, -0.05) is 32.0 Å². The molecule has 2 atom stereocenters. The van der Waals surface area contributed by atoms with Gasteiger partial charge in [-0.05, 0) is 24.0 Å². The minimum Gasteiger partial charge on any atom is -0.479 e. The zero-order valence-corrected chi connectivity index (χ0v) is 12.1. The highest BCUT2D eigenvalue weighted by molar-refractivity contribution is 5.98. The minimum absolute atomic E-state index is 0.189. The molecule has 21 heavy (non-hydrogen) atoms. The Morgan fingerprint density at radius 3 is 2.29 bits per heavy atom. The minimum atomic E-state index is -1.26. The Bertz CT molecular complexity index is 521. The van der Waals surface area contributed by atoms with Gasteiger partial charge in [0.15, 0.2) is 12.2 Å². The molecule has 0 radical (unpaired) electrons. The maximum absolute atomic E-state index is 12.3. The van der Waals surface area contributed by atoms with Crippen LogP contribution in [0.3, 0.4) is 0 Å². The number of para-hydroxylation sites is 1. The van der Waals surface area contributed by atoms with E-state index in [1.807, 2.05) is 32.0 Å². The van der Waals surface area contributed by atoms with E-state index in [9.17, 15) is 9.59 Å². The molecule has 1 saturated heterocycles. The first kappa shape index (κ1) is 15.5. The summed E-state index contributed by atoms with van der Waals surface area (Å²) in [6, 6.07) is 5.83. The Labute approximate surface area is 123 Å². The summed E-state index contributed by atoms with van der Waals surface area (Å²) >= 11 is 0. The number of nitrogens with one attached hydrogen (secondary N) is 1. The number of aryl methyl sites for hydroxylation is 2. The molecule has 114 valence electrons. The van der Waals surface area contributed by atoms with E-state index in [1.54, 1.807) is 0 Å². The van der Waals surface area contributed by atoms with E-state index >= 15 is 0 Å². The lowest BCUT2D eigenvalue weighted by Gasteiger charge is -2.17. The van der Waals surface area contributed by atoms with E-state index in [4.69, 9.17) is 14.6 Å². The fourth-order valence-corrected chi connectivity index (χ4v) is 2.37. The topological polar surface area (TPSA) is 84.9 Å². The number of ether oxygens (including phenoxy) is 2. The van der Waals surface area contributed by atoms with Crippen LogP contribution in [-0.2, 0) is 31.9 Å². The zero-order chi connectivity index (χ0) is 15.4. The molecule has 0 aliphatic carbocycles. The number of hydrogen-bond donors (Lipinski definition) is 2. The standard InChI is InChI=1S/C15H19NO5/c1-3-9-6-5-7-10(4-2)11(9)16-14(17)12-13(15(18)19)21-8-20-12/h5-7,12-13H,3-4,8H2,1-2H3,(H,16,17)(H,18,19)/t12-,13-/m1/s1.